The Morgan fingerprint density at radius 1 is 1.47 bits per heavy atom. The molecule has 4 N–H and O–H groups in total. The first kappa shape index (κ1) is 10.3. The number of benzene rings is 1. The minimum atomic E-state index is 0.120. The van der Waals surface area contributed by atoms with Crippen molar-refractivity contribution in [1.82, 2.24) is 0 Å². The van der Waals surface area contributed by atoms with Crippen molar-refractivity contribution >= 4 is 11.4 Å². The van der Waals surface area contributed by atoms with Crippen LogP contribution in [0.2, 0.25) is 0 Å². The van der Waals surface area contributed by atoms with Crippen molar-refractivity contribution in [2.75, 3.05) is 24.2 Å². The predicted octanol–water partition coefficient (Wildman–Crippen LogP) is 1.76. The molecule has 1 saturated carbocycles. The Kier molecular flexibility index (Phi) is 2.57. The van der Waals surface area contributed by atoms with Crippen LogP contribution >= 0.6 is 0 Å². The number of rotatable bonds is 4. The van der Waals surface area contributed by atoms with Crippen LogP contribution in [0.4, 0.5) is 11.4 Å². The molecule has 1 aliphatic rings. The summed E-state index contributed by atoms with van der Waals surface area (Å²) in [4.78, 5) is 0. The third kappa shape index (κ3) is 2.07. The minimum Gasteiger partial charge on any atom is -0.397 e. The van der Waals surface area contributed by atoms with Crippen LogP contribution in [0.5, 0.6) is 0 Å². The molecule has 0 heterocycles. The molecule has 15 heavy (non-hydrogen) atoms. The molecule has 0 amide bonds. The van der Waals surface area contributed by atoms with E-state index in [1.807, 2.05) is 25.1 Å². The van der Waals surface area contributed by atoms with Crippen molar-refractivity contribution in [3.05, 3.63) is 23.8 Å². The summed E-state index contributed by atoms with van der Waals surface area (Å²) < 4.78 is 0. The number of aryl methyl sites for hydroxylation is 1. The summed E-state index contributed by atoms with van der Waals surface area (Å²) in [6, 6.07) is 5.89. The fraction of sp³-hybridized carbons (Fsp3) is 0.500. The molecule has 0 bridgehead atoms. The minimum absolute atomic E-state index is 0.120. The number of para-hydroxylation sites is 1. The van der Waals surface area contributed by atoms with Gasteiger partial charge < -0.3 is 16.2 Å². The van der Waals surface area contributed by atoms with E-state index in [2.05, 4.69) is 5.32 Å². The Morgan fingerprint density at radius 2 is 2.20 bits per heavy atom. The van der Waals surface area contributed by atoms with Gasteiger partial charge >= 0.3 is 0 Å². The number of anilines is 2. The second-order valence-electron chi connectivity index (χ2n) is 4.55. The maximum absolute atomic E-state index is 9.20. The van der Waals surface area contributed by atoms with Gasteiger partial charge in [-0.05, 0) is 31.4 Å². The molecule has 0 aliphatic heterocycles. The van der Waals surface area contributed by atoms with Crippen LogP contribution in [-0.4, -0.2) is 18.3 Å². The highest BCUT2D eigenvalue weighted by molar-refractivity contribution is 5.69. The third-order valence-electron chi connectivity index (χ3n) is 3.24. The number of hydrogen-bond donors (Lipinski definition) is 3. The van der Waals surface area contributed by atoms with Gasteiger partial charge in [-0.15, -0.1) is 0 Å². The normalized spacial score (nSPS) is 17.5. The monoisotopic (exact) mass is 206 g/mol. The number of aliphatic hydroxyl groups excluding tert-OH is 1. The Labute approximate surface area is 90.3 Å². The van der Waals surface area contributed by atoms with E-state index in [1.165, 1.54) is 0 Å². The van der Waals surface area contributed by atoms with E-state index >= 15 is 0 Å². The lowest BCUT2D eigenvalue weighted by atomic mass is 10.1. The molecular weight excluding hydrogens is 188 g/mol. The Bertz CT molecular complexity index is 338. The molecule has 82 valence electrons. The molecule has 2 rings (SSSR count). The van der Waals surface area contributed by atoms with Crippen LogP contribution in [0.3, 0.4) is 0 Å². The Balaban J connectivity index is 2.05. The van der Waals surface area contributed by atoms with Crippen LogP contribution in [0, 0.1) is 12.3 Å². The highest BCUT2D eigenvalue weighted by atomic mass is 16.3. The Hall–Kier alpha value is -1.22. The smallest absolute Gasteiger partial charge is 0.0603 e. The lowest BCUT2D eigenvalue weighted by molar-refractivity contribution is 0.220. The van der Waals surface area contributed by atoms with Gasteiger partial charge in [0.25, 0.3) is 0 Å². The number of hydrogen-bond acceptors (Lipinski definition) is 3. The second-order valence-corrected chi connectivity index (χ2v) is 4.55. The van der Waals surface area contributed by atoms with E-state index in [4.69, 9.17) is 5.73 Å². The number of nitrogens with one attached hydrogen (secondary N) is 1. The van der Waals surface area contributed by atoms with Gasteiger partial charge in [0.05, 0.1) is 18.0 Å². The maximum atomic E-state index is 9.20. The molecule has 1 aliphatic carbocycles. The van der Waals surface area contributed by atoms with E-state index in [9.17, 15) is 5.11 Å². The summed E-state index contributed by atoms with van der Waals surface area (Å²) in [5.41, 5.74) is 8.96. The van der Waals surface area contributed by atoms with Crippen molar-refractivity contribution < 1.29 is 5.11 Å². The molecule has 0 radical (unpaired) electrons. The first-order valence-electron chi connectivity index (χ1n) is 5.37. The molecule has 3 heteroatoms. The SMILES string of the molecule is Cc1cccc(N)c1NCC1(CO)CC1. The fourth-order valence-corrected chi connectivity index (χ4v) is 1.78. The van der Waals surface area contributed by atoms with Gasteiger partial charge in [-0.1, -0.05) is 12.1 Å². The molecule has 0 unspecified atom stereocenters. The van der Waals surface area contributed by atoms with Crippen LogP contribution < -0.4 is 11.1 Å². The number of aliphatic hydroxyl groups is 1. The molecule has 0 atom stereocenters. The number of nitrogen functional groups attached to an aromatic ring is 1. The zero-order valence-electron chi connectivity index (χ0n) is 9.09. The van der Waals surface area contributed by atoms with Crippen LogP contribution in [0.15, 0.2) is 18.2 Å². The van der Waals surface area contributed by atoms with Gasteiger partial charge in [-0.2, -0.15) is 0 Å². The standard InChI is InChI=1S/C12H18N2O/c1-9-3-2-4-10(13)11(9)14-7-12(8-15)5-6-12/h2-4,14-15H,5-8,13H2,1H3. The summed E-state index contributed by atoms with van der Waals surface area (Å²) in [5, 5.41) is 12.6. The van der Waals surface area contributed by atoms with Crippen LogP contribution in [0.1, 0.15) is 18.4 Å². The first-order valence-corrected chi connectivity index (χ1v) is 5.37. The zero-order chi connectivity index (χ0) is 10.9. The predicted molar refractivity (Wildman–Crippen MR) is 62.8 cm³/mol. The van der Waals surface area contributed by atoms with Gasteiger partial charge in [-0.25, -0.2) is 0 Å². The molecule has 1 aromatic rings. The average molecular weight is 206 g/mol. The average Bonchev–Trinajstić information content (AvgIpc) is 2.98. The summed E-state index contributed by atoms with van der Waals surface area (Å²) in [6.07, 6.45) is 2.23. The summed E-state index contributed by atoms with van der Waals surface area (Å²) in [7, 11) is 0. The molecule has 3 nitrogen and oxygen atoms in total. The molecule has 0 saturated heterocycles. The molecule has 1 fully saturated rings. The molecule has 1 aromatic carbocycles. The Morgan fingerprint density at radius 3 is 2.73 bits per heavy atom. The maximum Gasteiger partial charge on any atom is 0.0603 e. The lowest BCUT2D eigenvalue weighted by Gasteiger charge is -2.16. The van der Waals surface area contributed by atoms with E-state index in [1.54, 1.807) is 0 Å². The first-order chi connectivity index (χ1) is 7.17. The van der Waals surface area contributed by atoms with Crippen molar-refractivity contribution in [3.63, 3.8) is 0 Å². The number of nitrogens with two attached hydrogens (primary N) is 1. The third-order valence-corrected chi connectivity index (χ3v) is 3.24. The fourth-order valence-electron chi connectivity index (χ4n) is 1.78. The van der Waals surface area contributed by atoms with E-state index in [0.29, 0.717) is 0 Å². The summed E-state index contributed by atoms with van der Waals surface area (Å²) in [5.74, 6) is 0. The largest absolute Gasteiger partial charge is 0.397 e. The van der Waals surface area contributed by atoms with Crippen molar-refractivity contribution in [1.29, 1.82) is 0 Å². The summed E-state index contributed by atoms with van der Waals surface area (Å²) in [6.45, 7) is 3.13. The van der Waals surface area contributed by atoms with Crippen LogP contribution in [-0.2, 0) is 0 Å². The quantitative estimate of drug-likeness (QED) is 0.658. The highest BCUT2D eigenvalue weighted by Gasteiger charge is 2.41. The lowest BCUT2D eigenvalue weighted by Crippen LogP contribution is -2.20. The van der Waals surface area contributed by atoms with Crippen molar-refractivity contribution in [3.8, 4) is 0 Å². The van der Waals surface area contributed by atoms with Gasteiger partial charge in [-0.3, -0.25) is 0 Å². The molecular formula is C12H18N2O. The summed E-state index contributed by atoms with van der Waals surface area (Å²) >= 11 is 0. The van der Waals surface area contributed by atoms with Gasteiger partial charge in [0.2, 0.25) is 0 Å². The van der Waals surface area contributed by atoms with E-state index in [0.717, 1.165) is 36.3 Å². The van der Waals surface area contributed by atoms with Crippen LogP contribution in [0.25, 0.3) is 0 Å². The van der Waals surface area contributed by atoms with Gasteiger partial charge in [0.1, 0.15) is 0 Å². The van der Waals surface area contributed by atoms with E-state index in [-0.39, 0.29) is 12.0 Å². The molecule has 0 spiro atoms. The van der Waals surface area contributed by atoms with Crippen molar-refractivity contribution in [2.45, 2.75) is 19.8 Å². The van der Waals surface area contributed by atoms with Crippen molar-refractivity contribution in [2.24, 2.45) is 5.41 Å². The topological polar surface area (TPSA) is 58.3 Å². The highest BCUT2D eigenvalue weighted by Crippen LogP contribution is 2.45. The zero-order valence-corrected chi connectivity index (χ0v) is 9.09. The molecule has 0 aromatic heterocycles. The van der Waals surface area contributed by atoms with Gasteiger partial charge in [0, 0.05) is 12.0 Å². The van der Waals surface area contributed by atoms with Gasteiger partial charge in [0.15, 0.2) is 0 Å². The second kappa shape index (κ2) is 3.74. The van der Waals surface area contributed by atoms with E-state index < -0.39 is 0 Å².